The normalized spacial score (nSPS) is 21.1. The standard InChI is InChI=1S/C16H24N6O2/c1-11-14(18-12(2)19-15(11)24-4)22-7-5-6-16(23,9-22)8-13-20-17-10-21(13)3/h10,23H,5-9H2,1-4H3. The van der Waals surface area contributed by atoms with Crippen LogP contribution in [0.5, 0.6) is 5.88 Å². The van der Waals surface area contributed by atoms with Crippen LogP contribution in [0.3, 0.4) is 0 Å². The van der Waals surface area contributed by atoms with Gasteiger partial charge in [0.2, 0.25) is 5.88 Å². The van der Waals surface area contributed by atoms with Crippen LogP contribution in [-0.4, -0.2) is 55.6 Å². The molecule has 8 heteroatoms. The van der Waals surface area contributed by atoms with Crippen LogP contribution in [0.1, 0.15) is 30.1 Å². The Labute approximate surface area is 141 Å². The van der Waals surface area contributed by atoms with Crippen molar-refractivity contribution in [1.82, 2.24) is 24.7 Å². The van der Waals surface area contributed by atoms with Crippen molar-refractivity contribution < 1.29 is 9.84 Å². The summed E-state index contributed by atoms with van der Waals surface area (Å²) in [6.45, 7) is 5.15. The lowest BCUT2D eigenvalue weighted by Gasteiger charge is -2.40. The number of anilines is 1. The molecule has 3 heterocycles. The lowest BCUT2D eigenvalue weighted by molar-refractivity contribution is 0.0235. The van der Waals surface area contributed by atoms with Crippen LogP contribution in [0.4, 0.5) is 5.82 Å². The zero-order chi connectivity index (χ0) is 17.3. The van der Waals surface area contributed by atoms with E-state index >= 15 is 0 Å². The van der Waals surface area contributed by atoms with Crippen LogP contribution in [-0.2, 0) is 13.5 Å². The zero-order valence-corrected chi connectivity index (χ0v) is 14.7. The maximum atomic E-state index is 11.1. The summed E-state index contributed by atoms with van der Waals surface area (Å²) in [7, 11) is 3.50. The van der Waals surface area contributed by atoms with Crippen molar-refractivity contribution in [3.8, 4) is 5.88 Å². The van der Waals surface area contributed by atoms with E-state index in [-0.39, 0.29) is 0 Å². The maximum Gasteiger partial charge on any atom is 0.221 e. The molecule has 3 rings (SSSR count). The van der Waals surface area contributed by atoms with Crippen molar-refractivity contribution in [3.63, 3.8) is 0 Å². The maximum absolute atomic E-state index is 11.1. The van der Waals surface area contributed by atoms with Crippen LogP contribution < -0.4 is 9.64 Å². The zero-order valence-electron chi connectivity index (χ0n) is 14.7. The topological polar surface area (TPSA) is 89.2 Å². The van der Waals surface area contributed by atoms with E-state index in [0.717, 1.165) is 36.6 Å². The lowest BCUT2D eigenvalue weighted by Crippen LogP contribution is -2.50. The van der Waals surface area contributed by atoms with Gasteiger partial charge in [-0.25, -0.2) is 4.98 Å². The highest BCUT2D eigenvalue weighted by Gasteiger charge is 2.36. The van der Waals surface area contributed by atoms with Gasteiger partial charge in [0, 0.05) is 26.6 Å². The highest BCUT2D eigenvalue weighted by Crippen LogP contribution is 2.31. The molecule has 1 aliphatic rings. The van der Waals surface area contributed by atoms with Gasteiger partial charge >= 0.3 is 0 Å². The molecule has 0 spiro atoms. The van der Waals surface area contributed by atoms with Gasteiger partial charge in [0.25, 0.3) is 0 Å². The number of hydrogen-bond acceptors (Lipinski definition) is 7. The van der Waals surface area contributed by atoms with Gasteiger partial charge in [-0.15, -0.1) is 10.2 Å². The van der Waals surface area contributed by atoms with Gasteiger partial charge in [-0.2, -0.15) is 4.98 Å². The van der Waals surface area contributed by atoms with Crippen LogP contribution >= 0.6 is 0 Å². The van der Waals surface area contributed by atoms with Crippen molar-refractivity contribution in [2.75, 3.05) is 25.1 Å². The molecule has 1 N–H and O–H groups in total. The number of aromatic nitrogens is 5. The van der Waals surface area contributed by atoms with Crippen LogP contribution in [0, 0.1) is 13.8 Å². The number of methoxy groups -OCH3 is 1. The van der Waals surface area contributed by atoms with Gasteiger partial charge in [0.15, 0.2) is 0 Å². The Morgan fingerprint density at radius 2 is 2.12 bits per heavy atom. The number of rotatable bonds is 4. The van der Waals surface area contributed by atoms with Gasteiger partial charge in [0.1, 0.15) is 23.8 Å². The third-order valence-electron chi connectivity index (χ3n) is 4.53. The molecule has 0 radical (unpaired) electrons. The number of hydrogen-bond donors (Lipinski definition) is 1. The number of β-amino-alcohol motifs (C(OH)–C–C–N with tert-alkyl or cyclic N) is 1. The third-order valence-corrected chi connectivity index (χ3v) is 4.53. The third kappa shape index (κ3) is 3.19. The highest BCUT2D eigenvalue weighted by atomic mass is 16.5. The van der Waals surface area contributed by atoms with Crippen LogP contribution in [0.2, 0.25) is 0 Å². The first-order valence-electron chi connectivity index (χ1n) is 8.11. The first kappa shape index (κ1) is 16.6. The fourth-order valence-corrected chi connectivity index (χ4v) is 3.29. The minimum atomic E-state index is -0.850. The number of ether oxygens (including phenoxy) is 1. The summed E-state index contributed by atoms with van der Waals surface area (Å²) in [5, 5.41) is 19.1. The summed E-state index contributed by atoms with van der Waals surface area (Å²) in [6, 6.07) is 0. The van der Waals surface area contributed by atoms with Gasteiger partial charge in [-0.1, -0.05) is 0 Å². The Hall–Kier alpha value is -2.22. The quantitative estimate of drug-likeness (QED) is 0.886. The molecule has 2 aromatic rings. The monoisotopic (exact) mass is 332 g/mol. The number of aliphatic hydroxyl groups is 1. The SMILES string of the molecule is COc1nc(C)nc(N2CCCC(O)(Cc3nncn3C)C2)c1C. The molecule has 1 fully saturated rings. The number of piperidine rings is 1. The fraction of sp³-hybridized carbons (Fsp3) is 0.625. The largest absolute Gasteiger partial charge is 0.481 e. The molecule has 1 aliphatic heterocycles. The van der Waals surface area contributed by atoms with Gasteiger partial charge in [-0.3, -0.25) is 0 Å². The molecule has 2 aromatic heterocycles. The Morgan fingerprint density at radius 3 is 2.79 bits per heavy atom. The highest BCUT2D eigenvalue weighted by molar-refractivity contribution is 5.51. The molecule has 0 aliphatic carbocycles. The first-order chi connectivity index (χ1) is 11.4. The molecule has 130 valence electrons. The number of nitrogens with zero attached hydrogens (tertiary/aromatic N) is 6. The Balaban J connectivity index is 1.86. The molecule has 1 saturated heterocycles. The molecule has 1 atom stereocenters. The second kappa shape index (κ2) is 6.35. The summed E-state index contributed by atoms with van der Waals surface area (Å²) in [5.74, 6) is 2.86. The van der Waals surface area contributed by atoms with E-state index in [4.69, 9.17) is 4.74 Å². The molecule has 24 heavy (non-hydrogen) atoms. The van der Waals surface area contributed by atoms with Gasteiger partial charge < -0.3 is 19.3 Å². The smallest absolute Gasteiger partial charge is 0.221 e. The fourth-order valence-electron chi connectivity index (χ4n) is 3.29. The predicted molar refractivity (Wildman–Crippen MR) is 89.2 cm³/mol. The van der Waals surface area contributed by atoms with E-state index in [1.165, 1.54) is 0 Å². The molecule has 0 bridgehead atoms. The second-order valence-electron chi connectivity index (χ2n) is 6.51. The molecular weight excluding hydrogens is 308 g/mol. The molecular formula is C16H24N6O2. The first-order valence-corrected chi connectivity index (χ1v) is 8.11. The molecule has 1 unspecified atom stereocenters. The summed E-state index contributed by atoms with van der Waals surface area (Å²) >= 11 is 0. The van der Waals surface area contributed by atoms with Crippen molar-refractivity contribution in [2.24, 2.45) is 7.05 Å². The Morgan fingerprint density at radius 1 is 1.33 bits per heavy atom. The van der Waals surface area contributed by atoms with Crippen molar-refractivity contribution in [3.05, 3.63) is 23.5 Å². The molecule has 0 aromatic carbocycles. The summed E-state index contributed by atoms with van der Waals surface area (Å²) in [5.41, 5.74) is 0.0448. The van der Waals surface area contributed by atoms with Gasteiger partial charge in [-0.05, 0) is 26.7 Å². The van der Waals surface area contributed by atoms with Crippen LogP contribution in [0.25, 0.3) is 0 Å². The van der Waals surface area contributed by atoms with E-state index in [1.54, 1.807) is 13.4 Å². The van der Waals surface area contributed by atoms with Gasteiger partial charge in [0.05, 0.1) is 18.3 Å². The Bertz CT molecular complexity index is 731. The predicted octanol–water partition coefficient (Wildman–Crippen LogP) is 0.805. The summed E-state index contributed by atoms with van der Waals surface area (Å²) < 4.78 is 7.20. The van der Waals surface area contributed by atoms with Crippen molar-refractivity contribution in [2.45, 2.75) is 38.7 Å². The lowest BCUT2D eigenvalue weighted by atomic mass is 9.89. The van der Waals surface area contributed by atoms with E-state index < -0.39 is 5.60 Å². The van der Waals surface area contributed by atoms with Crippen molar-refractivity contribution in [1.29, 1.82) is 0 Å². The summed E-state index contributed by atoms with van der Waals surface area (Å²) in [4.78, 5) is 11.0. The van der Waals surface area contributed by atoms with Crippen LogP contribution in [0.15, 0.2) is 6.33 Å². The average molecular weight is 332 g/mol. The molecule has 0 amide bonds. The number of aryl methyl sites for hydroxylation is 2. The van der Waals surface area contributed by atoms with Crippen molar-refractivity contribution >= 4 is 5.82 Å². The van der Waals surface area contributed by atoms with E-state index in [2.05, 4.69) is 25.1 Å². The molecule has 8 nitrogen and oxygen atoms in total. The average Bonchev–Trinajstić information content (AvgIpc) is 2.93. The minimum absolute atomic E-state index is 0.472. The molecule has 0 saturated carbocycles. The van der Waals surface area contributed by atoms with E-state index in [9.17, 15) is 5.11 Å². The van der Waals surface area contributed by atoms with E-state index in [1.807, 2.05) is 25.5 Å². The minimum Gasteiger partial charge on any atom is -0.481 e. The summed E-state index contributed by atoms with van der Waals surface area (Å²) in [6.07, 6.45) is 3.75. The Kier molecular flexibility index (Phi) is 4.40. The van der Waals surface area contributed by atoms with E-state index in [0.29, 0.717) is 24.7 Å². The second-order valence-corrected chi connectivity index (χ2v) is 6.51.